The molecule has 1 aromatic heterocycles. The second-order valence-corrected chi connectivity index (χ2v) is 6.22. The predicted molar refractivity (Wildman–Crippen MR) is 86.5 cm³/mol. The van der Waals surface area contributed by atoms with E-state index in [0.29, 0.717) is 0 Å². The van der Waals surface area contributed by atoms with Gasteiger partial charge in [0.15, 0.2) is 6.04 Å². The minimum Gasteiger partial charge on any atom is -0.351 e. The number of amides is 3. The van der Waals surface area contributed by atoms with Crippen molar-refractivity contribution in [2.75, 3.05) is 0 Å². The van der Waals surface area contributed by atoms with Crippen molar-refractivity contribution in [1.29, 1.82) is 0 Å². The number of carbonyl (C=O) groups excluding carboxylic acids is 2. The minimum atomic E-state index is -0.826. The number of primary amides is 1. The number of aryl methyl sites for hydroxylation is 1. The molecule has 2 rings (SSSR count). The summed E-state index contributed by atoms with van der Waals surface area (Å²) in [5.41, 5.74) is 7.31. The normalized spacial score (nSPS) is 13.4. The molecule has 1 heterocycles. The van der Waals surface area contributed by atoms with E-state index in [1.165, 1.54) is 5.56 Å². The number of nitrogens with two attached hydrogens (primary N) is 2. The van der Waals surface area contributed by atoms with E-state index in [1.54, 1.807) is 18.3 Å². The van der Waals surface area contributed by atoms with Crippen molar-refractivity contribution in [3.05, 3.63) is 57.8 Å². The first kappa shape index (κ1) is 16.2. The topological polar surface area (TPSA) is 88.8 Å². The van der Waals surface area contributed by atoms with Gasteiger partial charge in [-0.2, -0.15) is 0 Å². The Morgan fingerprint density at radius 1 is 1.23 bits per heavy atom. The average Bonchev–Trinajstić information content (AvgIpc) is 2.98. The van der Waals surface area contributed by atoms with Crippen LogP contribution in [0.25, 0.3) is 0 Å². The summed E-state index contributed by atoms with van der Waals surface area (Å²) in [4.78, 5) is 23.9. The third-order valence-corrected chi connectivity index (χ3v) is 4.38. The lowest BCUT2D eigenvalue weighted by Crippen LogP contribution is -2.92. The van der Waals surface area contributed by atoms with Gasteiger partial charge in [-0.3, -0.25) is 10.1 Å². The Morgan fingerprint density at radius 3 is 2.45 bits per heavy atom. The molecule has 6 heteroatoms. The van der Waals surface area contributed by atoms with E-state index in [0.717, 1.165) is 10.4 Å². The molecule has 2 atom stereocenters. The quantitative estimate of drug-likeness (QED) is 0.775. The number of quaternary nitrogens is 1. The summed E-state index contributed by atoms with van der Waals surface area (Å²) < 4.78 is 0. The highest BCUT2D eigenvalue weighted by Crippen LogP contribution is 2.23. The zero-order valence-corrected chi connectivity index (χ0v) is 13.4. The molecule has 3 amide bonds. The van der Waals surface area contributed by atoms with Crippen LogP contribution in [0, 0.1) is 6.92 Å². The fourth-order valence-corrected chi connectivity index (χ4v) is 3.06. The van der Waals surface area contributed by atoms with E-state index in [1.807, 2.05) is 29.8 Å². The standard InChI is InChI=1S/C16H19N3O2S/c1-10-5-7-12(8-6-10)14(13-4-3-9-22-13)18-11(2)15(20)19-16(17)21/h3-9,11,14,18H,1-2H3,(H3,17,19,20,21)/p+1/t11-,14-/m1/s1. The largest absolute Gasteiger partial charge is 0.351 e. The zero-order valence-electron chi connectivity index (χ0n) is 12.6. The Labute approximate surface area is 133 Å². The zero-order chi connectivity index (χ0) is 16.1. The van der Waals surface area contributed by atoms with Gasteiger partial charge < -0.3 is 11.1 Å². The van der Waals surface area contributed by atoms with Crippen LogP contribution in [0.15, 0.2) is 41.8 Å². The highest BCUT2D eigenvalue weighted by atomic mass is 32.1. The molecule has 0 unspecified atom stereocenters. The van der Waals surface area contributed by atoms with Gasteiger partial charge in [0, 0.05) is 5.56 Å². The van der Waals surface area contributed by atoms with Crippen LogP contribution in [0.3, 0.4) is 0 Å². The van der Waals surface area contributed by atoms with Crippen molar-refractivity contribution in [3.63, 3.8) is 0 Å². The maximum Gasteiger partial charge on any atom is 0.319 e. The van der Waals surface area contributed by atoms with E-state index in [2.05, 4.69) is 29.6 Å². The van der Waals surface area contributed by atoms with Gasteiger partial charge in [0.25, 0.3) is 5.91 Å². The first-order valence-corrected chi connectivity index (χ1v) is 7.90. The molecular formula is C16H20N3O2S+. The number of rotatable bonds is 5. The first-order valence-electron chi connectivity index (χ1n) is 7.02. The van der Waals surface area contributed by atoms with Crippen LogP contribution in [-0.2, 0) is 4.79 Å². The van der Waals surface area contributed by atoms with Crippen molar-refractivity contribution in [1.82, 2.24) is 5.32 Å². The van der Waals surface area contributed by atoms with Gasteiger partial charge in [0.05, 0.1) is 4.88 Å². The number of imide groups is 1. The van der Waals surface area contributed by atoms with E-state index in [9.17, 15) is 9.59 Å². The second-order valence-electron chi connectivity index (χ2n) is 5.24. The first-order chi connectivity index (χ1) is 10.5. The van der Waals surface area contributed by atoms with Gasteiger partial charge in [0.2, 0.25) is 0 Å². The summed E-state index contributed by atoms with van der Waals surface area (Å²) in [6.07, 6.45) is 0. The van der Waals surface area contributed by atoms with Crippen LogP contribution in [-0.4, -0.2) is 18.0 Å². The van der Waals surface area contributed by atoms with Crippen molar-refractivity contribution in [2.24, 2.45) is 5.73 Å². The summed E-state index contributed by atoms with van der Waals surface area (Å²) in [7, 11) is 0. The Hall–Kier alpha value is -2.18. The van der Waals surface area contributed by atoms with Crippen LogP contribution in [0.4, 0.5) is 4.79 Å². The third-order valence-electron chi connectivity index (χ3n) is 3.43. The lowest BCUT2D eigenvalue weighted by molar-refractivity contribution is -0.704. The molecule has 0 aliphatic rings. The van der Waals surface area contributed by atoms with Crippen LogP contribution in [0.5, 0.6) is 0 Å². The van der Waals surface area contributed by atoms with Gasteiger partial charge in [-0.15, -0.1) is 11.3 Å². The van der Waals surface area contributed by atoms with Gasteiger partial charge >= 0.3 is 6.03 Å². The number of thiophene rings is 1. The van der Waals surface area contributed by atoms with E-state index in [-0.39, 0.29) is 11.9 Å². The van der Waals surface area contributed by atoms with E-state index < -0.39 is 12.1 Å². The van der Waals surface area contributed by atoms with Crippen molar-refractivity contribution < 1.29 is 14.9 Å². The summed E-state index contributed by atoms with van der Waals surface area (Å²) >= 11 is 1.64. The SMILES string of the molecule is Cc1ccc([C@@H]([NH2+][C@H](C)C(=O)NC(N)=O)c2cccs2)cc1. The molecule has 0 aliphatic carbocycles. The number of hydrogen-bond donors (Lipinski definition) is 3. The van der Waals surface area contributed by atoms with Crippen LogP contribution in [0.1, 0.15) is 29.0 Å². The summed E-state index contributed by atoms with van der Waals surface area (Å²) in [6, 6.07) is 11.0. The van der Waals surface area contributed by atoms with Gasteiger partial charge in [0.1, 0.15) is 6.04 Å². The van der Waals surface area contributed by atoms with Crippen molar-refractivity contribution in [2.45, 2.75) is 25.9 Å². The summed E-state index contributed by atoms with van der Waals surface area (Å²) in [5.74, 6) is -0.388. The summed E-state index contributed by atoms with van der Waals surface area (Å²) in [5, 5.41) is 6.08. The summed E-state index contributed by atoms with van der Waals surface area (Å²) in [6.45, 7) is 3.80. The van der Waals surface area contributed by atoms with E-state index >= 15 is 0 Å². The molecule has 0 aliphatic heterocycles. The van der Waals surface area contributed by atoms with Crippen LogP contribution >= 0.6 is 11.3 Å². The van der Waals surface area contributed by atoms with Crippen LogP contribution < -0.4 is 16.4 Å². The monoisotopic (exact) mass is 318 g/mol. The number of hydrogen-bond acceptors (Lipinski definition) is 3. The Morgan fingerprint density at radius 2 is 1.91 bits per heavy atom. The van der Waals surface area contributed by atoms with Gasteiger partial charge in [-0.1, -0.05) is 35.9 Å². The third kappa shape index (κ3) is 4.16. The average molecular weight is 318 g/mol. The molecule has 1 aromatic carbocycles. The smallest absolute Gasteiger partial charge is 0.319 e. The molecule has 0 spiro atoms. The molecule has 5 nitrogen and oxygen atoms in total. The van der Waals surface area contributed by atoms with Crippen molar-refractivity contribution >= 4 is 23.3 Å². The highest BCUT2D eigenvalue weighted by Gasteiger charge is 2.26. The molecule has 22 heavy (non-hydrogen) atoms. The number of nitrogens with one attached hydrogen (secondary N) is 1. The maximum absolute atomic E-state index is 11.9. The number of urea groups is 1. The molecule has 2 aromatic rings. The molecule has 116 valence electrons. The second kappa shape index (κ2) is 7.20. The minimum absolute atomic E-state index is 0.00854. The molecule has 5 N–H and O–H groups in total. The van der Waals surface area contributed by atoms with Gasteiger partial charge in [-0.05, 0) is 25.3 Å². The lowest BCUT2D eigenvalue weighted by atomic mass is 10.0. The fourth-order valence-electron chi connectivity index (χ4n) is 2.22. The predicted octanol–water partition coefficient (Wildman–Crippen LogP) is 1.29. The highest BCUT2D eigenvalue weighted by molar-refractivity contribution is 7.10. The molecule has 0 radical (unpaired) electrons. The Balaban J connectivity index is 2.21. The molecule has 0 bridgehead atoms. The number of carbonyl (C=O) groups is 2. The maximum atomic E-state index is 11.9. The Bertz CT molecular complexity index is 638. The molecule has 0 fully saturated rings. The molecule has 0 saturated carbocycles. The van der Waals surface area contributed by atoms with Gasteiger partial charge in [-0.25, -0.2) is 4.79 Å². The fraction of sp³-hybridized carbons (Fsp3) is 0.250. The van der Waals surface area contributed by atoms with Crippen LogP contribution in [0.2, 0.25) is 0 Å². The molecule has 0 saturated heterocycles. The lowest BCUT2D eigenvalue weighted by Gasteiger charge is -2.19. The molecular weight excluding hydrogens is 298 g/mol. The van der Waals surface area contributed by atoms with E-state index in [4.69, 9.17) is 5.73 Å². The van der Waals surface area contributed by atoms with Crippen molar-refractivity contribution in [3.8, 4) is 0 Å². The number of benzene rings is 1. The Kier molecular flexibility index (Phi) is 5.30.